The van der Waals surface area contributed by atoms with Crippen LogP contribution in [0.2, 0.25) is 0 Å². The van der Waals surface area contributed by atoms with Crippen LogP contribution in [0.5, 0.6) is 0 Å². The van der Waals surface area contributed by atoms with E-state index in [0.29, 0.717) is 0 Å². The van der Waals surface area contributed by atoms with E-state index in [-0.39, 0.29) is 0 Å². The van der Waals surface area contributed by atoms with Gasteiger partial charge in [-0.1, -0.05) is 43.3 Å². The van der Waals surface area contributed by atoms with Gasteiger partial charge in [-0.25, -0.2) is 0 Å². The molecule has 1 aliphatic carbocycles. The van der Waals surface area contributed by atoms with Crippen molar-refractivity contribution in [1.29, 1.82) is 0 Å². The first-order valence-corrected chi connectivity index (χ1v) is 8.54. The summed E-state index contributed by atoms with van der Waals surface area (Å²) < 4.78 is 0. The molecule has 2 aromatic carbocycles. The van der Waals surface area contributed by atoms with Crippen molar-refractivity contribution in [3.63, 3.8) is 0 Å². The van der Waals surface area contributed by atoms with E-state index in [2.05, 4.69) is 61.6 Å². The van der Waals surface area contributed by atoms with Crippen LogP contribution in [0, 0.1) is 6.92 Å². The zero-order valence-electron chi connectivity index (χ0n) is 13.8. The Morgan fingerprint density at radius 3 is 2.74 bits per heavy atom. The van der Waals surface area contributed by atoms with Crippen LogP contribution < -0.4 is 5.32 Å². The first-order chi connectivity index (χ1) is 11.3. The summed E-state index contributed by atoms with van der Waals surface area (Å²) in [5.74, 6) is 0. The number of aryl methyl sites for hydroxylation is 3. The zero-order valence-corrected chi connectivity index (χ0v) is 13.8. The maximum absolute atomic E-state index is 4.88. The number of rotatable bonds is 3. The molecule has 0 saturated heterocycles. The second kappa shape index (κ2) is 5.69. The monoisotopic (exact) mass is 302 g/mol. The van der Waals surface area contributed by atoms with Crippen molar-refractivity contribution in [3.8, 4) is 0 Å². The number of nitrogens with one attached hydrogen (secondary N) is 1. The molecule has 0 radical (unpaired) electrons. The number of hydrogen-bond donors (Lipinski definition) is 1. The number of pyridine rings is 1. The minimum absolute atomic E-state index is 1.04. The molecule has 1 aromatic heterocycles. The predicted molar refractivity (Wildman–Crippen MR) is 97.6 cm³/mol. The molecule has 0 fully saturated rings. The summed E-state index contributed by atoms with van der Waals surface area (Å²) in [6.07, 6.45) is 4.48. The minimum atomic E-state index is 1.04. The molecule has 0 bridgehead atoms. The Balaban J connectivity index is 1.93. The second-order valence-electron chi connectivity index (χ2n) is 6.37. The molecule has 0 saturated carbocycles. The summed E-state index contributed by atoms with van der Waals surface area (Å²) >= 11 is 0. The molecule has 2 nitrogen and oxygen atoms in total. The lowest BCUT2D eigenvalue weighted by Gasteiger charge is -2.18. The van der Waals surface area contributed by atoms with Crippen LogP contribution in [0.25, 0.3) is 10.9 Å². The van der Waals surface area contributed by atoms with Gasteiger partial charge in [-0.2, -0.15) is 0 Å². The van der Waals surface area contributed by atoms with E-state index in [1.807, 2.05) is 0 Å². The molecule has 1 aliphatic rings. The lowest BCUT2D eigenvalue weighted by atomic mass is 10.0. The summed E-state index contributed by atoms with van der Waals surface area (Å²) in [4.78, 5) is 4.88. The van der Waals surface area contributed by atoms with E-state index >= 15 is 0 Å². The van der Waals surface area contributed by atoms with Crippen molar-refractivity contribution in [2.75, 3.05) is 5.32 Å². The van der Waals surface area contributed by atoms with Gasteiger partial charge >= 0.3 is 0 Å². The maximum atomic E-state index is 4.88. The molecule has 23 heavy (non-hydrogen) atoms. The number of benzene rings is 2. The average molecular weight is 302 g/mol. The summed E-state index contributed by atoms with van der Waals surface area (Å²) in [6, 6.07) is 15.0. The zero-order chi connectivity index (χ0) is 15.8. The standard InChI is InChI=1S/C21H22N2/c1-3-15-9-6-8-14(2)20(15)23-21-16-10-4-5-12-18(16)22-19-13-7-11-17(19)21/h4-6,8-10,12H,3,7,11,13H2,1-2H3,(H,22,23). The number of anilines is 2. The molecule has 0 aliphatic heterocycles. The highest BCUT2D eigenvalue weighted by Crippen LogP contribution is 2.37. The number of fused-ring (bicyclic) bond motifs is 2. The Labute approximate surface area is 137 Å². The second-order valence-corrected chi connectivity index (χ2v) is 6.37. The van der Waals surface area contributed by atoms with E-state index in [0.717, 1.165) is 24.8 Å². The molecule has 0 spiro atoms. The Morgan fingerprint density at radius 2 is 1.87 bits per heavy atom. The van der Waals surface area contributed by atoms with Crippen molar-refractivity contribution < 1.29 is 0 Å². The van der Waals surface area contributed by atoms with Crippen LogP contribution in [0.15, 0.2) is 42.5 Å². The Kier molecular flexibility index (Phi) is 3.53. The average Bonchev–Trinajstić information content (AvgIpc) is 3.04. The number of aromatic nitrogens is 1. The molecule has 1 heterocycles. The number of hydrogen-bond acceptors (Lipinski definition) is 2. The van der Waals surface area contributed by atoms with E-state index in [1.165, 1.54) is 45.6 Å². The van der Waals surface area contributed by atoms with Crippen LogP contribution >= 0.6 is 0 Å². The molecule has 0 atom stereocenters. The molecular formula is C21H22N2. The van der Waals surface area contributed by atoms with Crippen molar-refractivity contribution in [3.05, 3.63) is 64.8 Å². The third kappa shape index (κ3) is 2.39. The predicted octanol–water partition coefficient (Wildman–Crippen LogP) is 5.34. The largest absolute Gasteiger partial charge is 0.354 e. The van der Waals surface area contributed by atoms with Crippen LogP contribution in [0.4, 0.5) is 11.4 Å². The smallest absolute Gasteiger partial charge is 0.0726 e. The van der Waals surface area contributed by atoms with Gasteiger partial charge in [0, 0.05) is 16.8 Å². The highest BCUT2D eigenvalue weighted by atomic mass is 14.9. The lowest BCUT2D eigenvalue weighted by molar-refractivity contribution is 0.901. The van der Waals surface area contributed by atoms with Gasteiger partial charge in [0.25, 0.3) is 0 Å². The van der Waals surface area contributed by atoms with Crippen LogP contribution in [0.3, 0.4) is 0 Å². The molecule has 1 N–H and O–H groups in total. The Morgan fingerprint density at radius 1 is 1.00 bits per heavy atom. The quantitative estimate of drug-likeness (QED) is 0.706. The van der Waals surface area contributed by atoms with Crippen LogP contribution in [-0.4, -0.2) is 4.98 Å². The van der Waals surface area contributed by atoms with Gasteiger partial charge < -0.3 is 5.32 Å². The van der Waals surface area contributed by atoms with Crippen molar-refractivity contribution in [1.82, 2.24) is 4.98 Å². The van der Waals surface area contributed by atoms with Gasteiger partial charge in [0.2, 0.25) is 0 Å². The highest BCUT2D eigenvalue weighted by molar-refractivity contribution is 5.96. The molecule has 0 unspecified atom stereocenters. The maximum Gasteiger partial charge on any atom is 0.0726 e. The minimum Gasteiger partial charge on any atom is -0.354 e. The van der Waals surface area contributed by atoms with Gasteiger partial charge in [-0.3, -0.25) is 4.98 Å². The molecule has 116 valence electrons. The van der Waals surface area contributed by atoms with E-state index in [9.17, 15) is 0 Å². The summed E-state index contributed by atoms with van der Waals surface area (Å²) in [5.41, 5.74) is 9.00. The molecule has 3 aromatic rings. The molecule has 0 amide bonds. The van der Waals surface area contributed by atoms with E-state index < -0.39 is 0 Å². The SMILES string of the molecule is CCc1cccc(C)c1Nc1c2c(nc3ccccc13)CCC2. The van der Waals surface area contributed by atoms with Crippen LogP contribution in [0.1, 0.15) is 35.7 Å². The van der Waals surface area contributed by atoms with Gasteiger partial charge in [0.1, 0.15) is 0 Å². The topological polar surface area (TPSA) is 24.9 Å². The van der Waals surface area contributed by atoms with Crippen molar-refractivity contribution in [2.45, 2.75) is 39.5 Å². The van der Waals surface area contributed by atoms with Crippen molar-refractivity contribution >= 4 is 22.3 Å². The fourth-order valence-electron chi connectivity index (χ4n) is 3.68. The van der Waals surface area contributed by atoms with E-state index in [4.69, 9.17) is 4.98 Å². The summed E-state index contributed by atoms with van der Waals surface area (Å²) in [5, 5.41) is 5.03. The molecule has 2 heteroatoms. The first kappa shape index (κ1) is 14.3. The highest BCUT2D eigenvalue weighted by Gasteiger charge is 2.20. The molecule has 4 rings (SSSR count). The lowest BCUT2D eigenvalue weighted by Crippen LogP contribution is -2.03. The fraction of sp³-hybridized carbons (Fsp3) is 0.286. The van der Waals surface area contributed by atoms with Gasteiger partial charge in [0.15, 0.2) is 0 Å². The summed E-state index contributed by atoms with van der Waals surface area (Å²) in [6.45, 7) is 4.40. The third-order valence-corrected chi connectivity index (χ3v) is 4.91. The third-order valence-electron chi connectivity index (χ3n) is 4.91. The van der Waals surface area contributed by atoms with Crippen molar-refractivity contribution in [2.24, 2.45) is 0 Å². The van der Waals surface area contributed by atoms with Gasteiger partial charge in [-0.05, 0) is 55.4 Å². The van der Waals surface area contributed by atoms with Gasteiger partial charge in [-0.15, -0.1) is 0 Å². The van der Waals surface area contributed by atoms with Gasteiger partial charge in [0.05, 0.1) is 11.2 Å². The number of para-hydroxylation sites is 2. The number of nitrogens with zero attached hydrogens (tertiary/aromatic N) is 1. The Hall–Kier alpha value is -2.35. The fourth-order valence-corrected chi connectivity index (χ4v) is 3.68. The first-order valence-electron chi connectivity index (χ1n) is 8.54. The normalized spacial score (nSPS) is 13.3. The Bertz CT molecular complexity index is 880. The van der Waals surface area contributed by atoms with Crippen LogP contribution in [-0.2, 0) is 19.3 Å². The van der Waals surface area contributed by atoms with E-state index in [1.54, 1.807) is 0 Å². The summed E-state index contributed by atoms with van der Waals surface area (Å²) in [7, 11) is 0. The molecular weight excluding hydrogens is 280 g/mol.